The Hall–Kier alpha value is -3.06. The molecule has 5 aromatic heterocycles. The number of benzene rings is 2. The molecule has 1 aliphatic rings. The summed E-state index contributed by atoms with van der Waals surface area (Å²) in [6, 6.07) is 34.6. The van der Waals surface area contributed by atoms with E-state index in [1.165, 1.54) is 199 Å². The Kier molecular flexibility index (Phi) is 18.7. The summed E-state index contributed by atoms with van der Waals surface area (Å²) in [5, 5.41) is 0. The fraction of sp³-hybridized carbons (Fsp3) is 0.515. The molecule has 0 atom stereocenters. The predicted octanol–water partition coefficient (Wildman–Crippen LogP) is 23.8. The molecule has 0 spiro atoms. The van der Waals surface area contributed by atoms with Gasteiger partial charge in [-0.3, -0.25) is 0 Å². The predicted molar refractivity (Wildman–Crippen MR) is 324 cm³/mol. The fourth-order valence-electron chi connectivity index (χ4n) is 11.2. The number of rotatable bonds is 27. The van der Waals surface area contributed by atoms with Gasteiger partial charge in [0.25, 0.3) is 0 Å². The minimum Gasteiger partial charge on any atom is -0.139 e. The normalized spacial score (nSPS) is 13.4. The molecule has 8 rings (SSSR count). The Balaban J connectivity index is 1.15. The van der Waals surface area contributed by atoms with Gasteiger partial charge in [0.15, 0.2) is 0 Å². The van der Waals surface area contributed by atoms with Crippen molar-refractivity contribution in [2.45, 2.75) is 220 Å². The van der Waals surface area contributed by atoms with Crippen molar-refractivity contribution >= 4 is 56.7 Å². The molecule has 0 unspecified atom stereocenters. The summed E-state index contributed by atoms with van der Waals surface area (Å²) in [5.41, 5.74) is 12.8. The number of unbranched alkanes of at least 4 members (excludes halogenated alkanes) is 12. The summed E-state index contributed by atoms with van der Waals surface area (Å²) >= 11 is 10.1. The van der Waals surface area contributed by atoms with Crippen molar-refractivity contribution in [1.82, 2.24) is 0 Å². The molecule has 380 valence electrons. The van der Waals surface area contributed by atoms with Gasteiger partial charge in [-0.05, 0) is 155 Å². The van der Waals surface area contributed by atoms with E-state index in [2.05, 4.69) is 166 Å². The molecule has 1 aliphatic carbocycles. The first kappa shape index (κ1) is 54.2. The zero-order valence-corrected chi connectivity index (χ0v) is 49.6. The lowest BCUT2D eigenvalue weighted by Crippen LogP contribution is -2.26. The highest BCUT2D eigenvalue weighted by Crippen LogP contribution is 2.57. The quantitative estimate of drug-likeness (QED) is 0.0450. The second-order valence-corrected chi connectivity index (χ2v) is 28.1. The standard InChI is InChI=1S/C66H86S5/c1-11-16-20-24-28-50-51(29-25-21-17-12-2)63(60-39-37-57(69-60)58-40-41-61(70-58)64(6,7)8)71-62(50)59-38-36-56(68-59)55-35-34-54(67-55)46-30-32-48-49-33-31-47(65(9,10)15-5)45-53(49)66(52(48)44-46,42-26-22-18-13-3)43-27-23-19-14-4/h30-41,44-45H,11-29,42-43H2,1-10H3. The van der Waals surface area contributed by atoms with Crippen LogP contribution in [0.2, 0.25) is 0 Å². The monoisotopic (exact) mass is 1040 g/mol. The molecule has 0 saturated heterocycles. The van der Waals surface area contributed by atoms with E-state index in [9.17, 15) is 0 Å². The largest absolute Gasteiger partial charge is 0.139 e. The topological polar surface area (TPSA) is 0 Å². The minimum absolute atomic E-state index is 0.0673. The summed E-state index contributed by atoms with van der Waals surface area (Å²) < 4.78 is 0. The smallest absolute Gasteiger partial charge is 0.0484 e. The molecular formula is C66H86S5. The fourth-order valence-corrected chi connectivity index (χ4v) is 17.1. The van der Waals surface area contributed by atoms with Crippen molar-refractivity contribution in [3.63, 3.8) is 0 Å². The molecule has 0 radical (unpaired) electrons. The van der Waals surface area contributed by atoms with Crippen molar-refractivity contribution < 1.29 is 0 Å². The Labute approximate surface area is 451 Å². The first-order chi connectivity index (χ1) is 34.3. The highest BCUT2D eigenvalue weighted by Gasteiger charge is 2.43. The second-order valence-electron chi connectivity index (χ2n) is 22.7. The summed E-state index contributed by atoms with van der Waals surface area (Å²) in [5.74, 6) is 0. The van der Waals surface area contributed by atoms with Gasteiger partial charge in [0.05, 0.1) is 0 Å². The number of thiophene rings is 5. The van der Waals surface area contributed by atoms with E-state index >= 15 is 0 Å². The lowest BCUT2D eigenvalue weighted by Gasteiger charge is -2.34. The maximum absolute atomic E-state index is 2.67. The lowest BCUT2D eigenvalue weighted by atomic mass is 9.69. The average molecular weight is 1040 g/mol. The summed E-state index contributed by atoms with van der Waals surface area (Å²) in [6.07, 6.45) is 26.8. The Morgan fingerprint density at radius 2 is 0.831 bits per heavy atom. The van der Waals surface area contributed by atoms with E-state index < -0.39 is 0 Å². The van der Waals surface area contributed by atoms with Crippen molar-refractivity contribution in [1.29, 1.82) is 0 Å². The molecular weight excluding hydrogens is 953 g/mol. The van der Waals surface area contributed by atoms with Crippen LogP contribution in [0, 0.1) is 0 Å². The van der Waals surface area contributed by atoms with Gasteiger partial charge < -0.3 is 0 Å². The van der Waals surface area contributed by atoms with Crippen LogP contribution in [-0.2, 0) is 29.1 Å². The van der Waals surface area contributed by atoms with Gasteiger partial charge in [-0.15, -0.1) is 56.7 Å². The van der Waals surface area contributed by atoms with Crippen LogP contribution < -0.4 is 0 Å². The van der Waals surface area contributed by atoms with Crippen molar-refractivity contribution in [2.75, 3.05) is 0 Å². The highest BCUT2D eigenvalue weighted by atomic mass is 32.1. The van der Waals surface area contributed by atoms with E-state index in [1.54, 1.807) is 22.3 Å². The minimum atomic E-state index is 0.0673. The van der Waals surface area contributed by atoms with E-state index in [0.717, 1.165) is 6.42 Å². The second kappa shape index (κ2) is 24.5. The summed E-state index contributed by atoms with van der Waals surface area (Å²) in [6.45, 7) is 23.6. The van der Waals surface area contributed by atoms with E-state index in [0.29, 0.717) is 0 Å². The average Bonchev–Trinajstić information content (AvgIpc) is 4.24. The molecule has 0 saturated carbocycles. The summed E-state index contributed by atoms with van der Waals surface area (Å²) in [4.78, 5) is 14.4. The van der Waals surface area contributed by atoms with Crippen LogP contribution in [0.25, 0.3) is 60.6 Å². The molecule has 0 N–H and O–H groups in total. The molecule has 0 amide bonds. The van der Waals surface area contributed by atoms with Gasteiger partial charge in [0.2, 0.25) is 0 Å². The van der Waals surface area contributed by atoms with Gasteiger partial charge in [-0.2, -0.15) is 0 Å². The van der Waals surface area contributed by atoms with Crippen LogP contribution in [-0.4, -0.2) is 0 Å². The summed E-state index contributed by atoms with van der Waals surface area (Å²) in [7, 11) is 0. The van der Waals surface area contributed by atoms with Crippen molar-refractivity contribution in [3.05, 3.63) is 118 Å². The van der Waals surface area contributed by atoms with Crippen LogP contribution in [0.3, 0.4) is 0 Å². The zero-order chi connectivity index (χ0) is 50.2. The van der Waals surface area contributed by atoms with Crippen LogP contribution in [0.4, 0.5) is 0 Å². The molecule has 0 aliphatic heterocycles. The Morgan fingerprint density at radius 1 is 0.394 bits per heavy atom. The molecule has 71 heavy (non-hydrogen) atoms. The molecule has 5 heteroatoms. The third kappa shape index (κ3) is 12.2. The van der Waals surface area contributed by atoms with Gasteiger partial charge >= 0.3 is 0 Å². The molecule has 0 fully saturated rings. The number of hydrogen-bond donors (Lipinski definition) is 0. The Morgan fingerprint density at radius 3 is 1.32 bits per heavy atom. The van der Waals surface area contributed by atoms with Crippen LogP contribution in [0.5, 0.6) is 0 Å². The SMILES string of the molecule is CCCCCCc1c(-c2ccc(-c3ccc(-c4ccc5c(c4)C(CCCCCC)(CCCCCC)c4cc(C(C)(C)CC)ccc4-5)s3)s2)sc(-c2ccc(-c3ccc(C(C)(C)C)s3)s2)c1CCCCCC. The maximum Gasteiger partial charge on any atom is 0.0484 e. The molecule has 2 aromatic carbocycles. The highest BCUT2D eigenvalue weighted by molar-refractivity contribution is 7.30. The maximum atomic E-state index is 2.67. The van der Waals surface area contributed by atoms with Crippen molar-refractivity contribution in [3.8, 4) is 60.6 Å². The molecule has 5 heterocycles. The third-order valence-corrected chi connectivity index (χ3v) is 22.8. The third-order valence-electron chi connectivity index (χ3n) is 16.0. The zero-order valence-electron chi connectivity index (χ0n) is 45.5. The van der Waals surface area contributed by atoms with Crippen LogP contribution in [0.15, 0.2) is 84.9 Å². The molecule has 7 aromatic rings. The van der Waals surface area contributed by atoms with E-state index in [1.807, 2.05) is 45.3 Å². The van der Waals surface area contributed by atoms with Gasteiger partial charge in [0, 0.05) is 54.2 Å². The van der Waals surface area contributed by atoms with Crippen LogP contribution >= 0.6 is 56.7 Å². The van der Waals surface area contributed by atoms with Crippen molar-refractivity contribution in [2.24, 2.45) is 0 Å². The molecule has 0 nitrogen and oxygen atoms in total. The van der Waals surface area contributed by atoms with Crippen LogP contribution in [0.1, 0.15) is 224 Å². The van der Waals surface area contributed by atoms with E-state index in [-0.39, 0.29) is 16.2 Å². The Bertz CT molecular complexity index is 2770. The first-order valence-corrected chi connectivity index (χ1v) is 32.3. The number of hydrogen-bond acceptors (Lipinski definition) is 5. The van der Waals surface area contributed by atoms with Gasteiger partial charge in [-0.1, -0.05) is 189 Å². The lowest BCUT2D eigenvalue weighted by molar-refractivity contribution is 0.399. The molecule has 0 bridgehead atoms. The first-order valence-electron chi connectivity index (χ1n) is 28.2. The van der Waals surface area contributed by atoms with Gasteiger partial charge in [0.1, 0.15) is 0 Å². The van der Waals surface area contributed by atoms with Gasteiger partial charge in [-0.25, -0.2) is 0 Å². The van der Waals surface area contributed by atoms with E-state index in [4.69, 9.17) is 0 Å². The number of fused-ring (bicyclic) bond motifs is 3.